The Morgan fingerprint density at radius 2 is 1.88 bits per heavy atom. The maximum absolute atomic E-state index is 3.67. The summed E-state index contributed by atoms with van der Waals surface area (Å²) in [7, 11) is 0. The largest absolute Gasteiger partial charge is 0.323 e. The topological polar surface area (TPSA) is 17.0 Å². The smallest absolute Gasteiger partial charge is 0.0430 e. The molecule has 0 aromatic carbocycles. The molecule has 1 fully saturated rings. The first-order valence-electron chi connectivity index (χ1n) is 6.75. The predicted molar refractivity (Wildman–Crippen MR) is 71.6 cm³/mol. The third-order valence-corrected chi connectivity index (χ3v) is 4.58. The maximum atomic E-state index is 3.67. The second-order valence-electron chi connectivity index (χ2n) is 5.81. The van der Waals surface area contributed by atoms with E-state index in [4.69, 9.17) is 0 Å². The fourth-order valence-electron chi connectivity index (χ4n) is 3.57. The lowest BCUT2D eigenvalue weighted by Gasteiger charge is -2.28. The molecule has 17 heavy (non-hydrogen) atoms. The lowest BCUT2D eigenvalue weighted by molar-refractivity contribution is 0.379. The molecule has 2 bridgehead atoms. The van der Waals surface area contributed by atoms with Crippen LogP contribution >= 0.6 is 0 Å². The first kappa shape index (κ1) is 10.9. The third-order valence-electron chi connectivity index (χ3n) is 4.58. The molecule has 2 nitrogen and oxygen atoms in total. The second kappa shape index (κ2) is 3.94. The van der Waals surface area contributed by atoms with Gasteiger partial charge in [-0.2, -0.15) is 0 Å². The standard InChI is InChI=1S/C15H22N2/c1-10-4-5-11(2)17(10)16-12(3)15-9-13-6-7-14(15)8-13/h4-7,12-16H,8-9H2,1-3H3. The maximum Gasteiger partial charge on any atom is 0.0430 e. The Bertz CT molecular complexity index is 424. The van der Waals surface area contributed by atoms with E-state index >= 15 is 0 Å². The van der Waals surface area contributed by atoms with E-state index in [1.165, 1.54) is 24.2 Å². The fourth-order valence-corrected chi connectivity index (χ4v) is 3.57. The van der Waals surface area contributed by atoms with Crippen LogP contribution in [0.3, 0.4) is 0 Å². The minimum atomic E-state index is 0.555. The first-order chi connectivity index (χ1) is 8.15. The molecule has 2 heteroatoms. The van der Waals surface area contributed by atoms with Gasteiger partial charge in [-0.25, -0.2) is 0 Å². The Hall–Kier alpha value is -1.18. The van der Waals surface area contributed by atoms with Crippen molar-refractivity contribution in [3.63, 3.8) is 0 Å². The molecule has 3 rings (SSSR count). The Kier molecular flexibility index (Phi) is 2.53. The number of fused-ring (bicyclic) bond motifs is 2. The van der Waals surface area contributed by atoms with Crippen LogP contribution < -0.4 is 5.43 Å². The van der Waals surface area contributed by atoms with Gasteiger partial charge >= 0.3 is 0 Å². The van der Waals surface area contributed by atoms with Gasteiger partial charge in [-0.3, -0.25) is 4.68 Å². The summed E-state index contributed by atoms with van der Waals surface area (Å²) < 4.78 is 2.24. The Balaban J connectivity index is 1.72. The van der Waals surface area contributed by atoms with Crippen molar-refractivity contribution in [1.82, 2.24) is 4.68 Å². The van der Waals surface area contributed by atoms with Crippen molar-refractivity contribution in [2.75, 3.05) is 5.43 Å². The summed E-state index contributed by atoms with van der Waals surface area (Å²) in [5.74, 6) is 2.49. The molecule has 4 atom stereocenters. The van der Waals surface area contributed by atoms with Gasteiger partial charge in [0, 0.05) is 17.4 Å². The molecule has 4 unspecified atom stereocenters. The van der Waals surface area contributed by atoms with Crippen LogP contribution in [0.15, 0.2) is 24.3 Å². The molecule has 1 aromatic heterocycles. The zero-order valence-electron chi connectivity index (χ0n) is 11.0. The van der Waals surface area contributed by atoms with E-state index in [2.05, 4.69) is 55.2 Å². The molecule has 2 aliphatic carbocycles. The van der Waals surface area contributed by atoms with Gasteiger partial charge in [0.25, 0.3) is 0 Å². The van der Waals surface area contributed by atoms with Crippen molar-refractivity contribution >= 4 is 0 Å². The molecule has 1 aromatic rings. The van der Waals surface area contributed by atoms with Crippen LogP contribution in [0.1, 0.15) is 31.2 Å². The highest BCUT2D eigenvalue weighted by molar-refractivity contribution is 5.18. The van der Waals surface area contributed by atoms with Crippen LogP contribution in [0.25, 0.3) is 0 Å². The number of allylic oxidation sites excluding steroid dienone is 2. The SMILES string of the molecule is Cc1ccc(C)n1NC(C)C1CC2C=CC1C2. The van der Waals surface area contributed by atoms with Gasteiger partial charge in [-0.15, -0.1) is 0 Å². The monoisotopic (exact) mass is 230 g/mol. The van der Waals surface area contributed by atoms with Crippen LogP contribution in [0, 0.1) is 31.6 Å². The van der Waals surface area contributed by atoms with E-state index < -0.39 is 0 Å². The van der Waals surface area contributed by atoms with Crippen molar-refractivity contribution in [1.29, 1.82) is 0 Å². The average molecular weight is 230 g/mol. The van der Waals surface area contributed by atoms with Crippen molar-refractivity contribution in [2.24, 2.45) is 17.8 Å². The summed E-state index contributed by atoms with van der Waals surface area (Å²) in [5, 5.41) is 0. The lowest BCUT2D eigenvalue weighted by Crippen LogP contribution is -2.35. The fraction of sp³-hybridized carbons (Fsp3) is 0.600. The highest BCUT2D eigenvalue weighted by Crippen LogP contribution is 2.45. The summed E-state index contributed by atoms with van der Waals surface area (Å²) in [6.45, 7) is 6.65. The summed E-state index contributed by atoms with van der Waals surface area (Å²) >= 11 is 0. The van der Waals surface area contributed by atoms with Gasteiger partial charge in [0.1, 0.15) is 0 Å². The van der Waals surface area contributed by atoms with Crippen molar-refractivity contribution in [3.8, 4) is 0 Å². The van der Waals surface area contributed by atoms with Gasteiger partial charge in [0.05, 0.1) is 0 Å². The Morgan fingerprint density at radius 1 is 1.18 bits per heavy atom. The molecule has 0 spiro atoms. The van der Waals surface area contributed by atoms with Crippen LogP contribution in [-0.4, -0.2) is 10.7 Å². The third kappa shape index (κ3) is 1.80. The highest BCUT2D eigenvalue weighted by Gasteiger charge is 2.38. The summed E-state index contributed by atoms with van der Waals surface area (Å²) in [5.41, 5.74) is 6.27. The minimum Gasteiger partial charge on any atom is -0.323 e. The first-order valence-corrected chi connectivity index (χ1v) is 6.75. The molecule has 0 aliphatic heterocycles. The molecule has 1 heterocycles. The highest BCUT2D eigenvalue weighted by atomic mass is 15.4. The van der Waals surface area contributed by atoms with Crippen molar-refractivity contribution in [3.05, 3.63) is 35.7 Å². The minimum absolute atomic E-state index is 0.555. The zero-order valence-corrected chi connectivity index (χ0v) is 11.0. The molecular formula is C15H22N2. The second-order valence-corrected chi connectivity index (χ2v) is 5.81. The van der Waals surface area contributed by atoms with Crippen molar-refractivity contribution < 1.29 is 0 Å². The van der Waals surface area contributed by atoms with Gasteiger partial charge in [-0.05, 0) is 63.5 Å². The van der Waals surface area contributed by atoms with Crippen LogP contribution in [0.4, 0.5) is 0 Å². The quantitative estimate of drug-likeness (QED) is 0.789. The van der Waals surface area contributed by atoms with Gasteiger partial charge in [0.2, 0.25) is 0 Å². The molecule has 92 valence electrons. The molecule has 1 saturated carbocycles. The van der Waals surface area contributed by atoms with Gasteiger partial charge in [-0.1, -0.05) is 12.2 Å². The van der Waals surface area contributed by atoms with E-state index in [0.29, 0.717) is 6.04 Å². The van der Waals surface area contributed by atoms with Crippen molar-refractivity contribution in [2.45, 2.75) is 39.7 Å². The van der Waals surface area contributed by atoms with Gasteiger partial charge < -0.3 is 5.43 Å². The van der Waals surface area contributed by atoms with Crippen LogP contribution in [0.5, 0.6) is 0 Å². The van der Waals surface area contributed by atoms with Gasteiger partial charge in [0.15, 0.2) is 0 Å². The Morgan fingerprint density at radius 3 is 2.41 bits per heavy atom. The summed E-state index contributed by atoms with van der Waals surface area (Å²) in [6, 6.07) is 4.91. The van der Waals surface area contributed by atoms with E-state index in [1.54, 1.807) is 0 Å². The number of rotatable bonds is 3. The van der Waals surface area contributed by atoms with E-state index in [-0.39, 0.29) is 0 Å². The Labute approximate surface area is 104 Å². The van der Waals surface area contributed by atoms with Crippen LogP contribution in [-0.2, 0) is 0 Å². The van der Waals surface area contributed by atoms with E-state index in [1.807, 2.05) is 0 Å². The normalized spacial score (nSPS) is 32.1. The molecule has 0 saturated heterocycles. The zero-order chi connectivity index (χ0) is 12.0. The van der Waals surface area contributed by atoms with Crippen LogP contribution in [0.2, 0.25) is 0 Å². The number of nitrogens with zero attached hydrogens (tertiary/aromatic N) is 1. The summed E-state index contributed by atoms with van der Waals surface area (Å²) in [6.07, 6.45) is 7.61. The average Bonchev–Trinajstić information content (AvgIpc) is 2.99. The molecule has 0 radical (unpaired) electrons. The van der Waals surface area contributed by atoms with E-state index in [9.17, 15) is 0 Å². The lowest BCUT2D eigenvalue weighted by atomic mass is 9.88. The number of nitrogens with one attached hydrogen (secondary N) is 1. The number of hydrogen-bond acceptors (Lipinski definition) is 1. The molecule has 2 aliphatic rings. The molecule has 1 N–H and O–H groups in total. The number of hydrogen-bond donors (Lipinski definition) is 1. The number of aryl methyl sites for hydroxylation is 2. The molecule has 0 amide bonds. The summed E-state index contributed by atoms with van der Waals surface area (Å²) in [4.78, 5) is 0. The molecular weight excluding hydrogens is 208 g/mol. The number of aromatic nitrogens is 1. The van der Waals surface area contributed by atoms with E-state index in [0.717, 1.165) is 17.8 Å². The predicted octanol–water partition coefficient (Wildman–Crippen LogP) is 3.25.